The van der Waals surface area contributed by atoms with E-state index in [1.165, 1.54) is 0 Å². The van der Waals surface area contributed by atoms with E-state index < -0.39 is 0 Å². The first-order chi connectivity index (χ1) is 11.0. The highest BCUT2D eigenvalue weighted by Crippen LogP contribution is 2.17. The van der Waals surface area contributed by atoms with Gasteiger partial charge in [-0.1, -0.05) is 12.1 Å². The maximum absolute atomic E-state index is 11.8. The van der Waals surface area contributed by atoms with E-state index in [2.05, 4.69) is 10.3 Å². The van der Waals surface area contributed by atoms with Crippen molar-refractivity contribution in [2.75, 3.05) is 13.7 Å². The number of carbonyl (C=O) groups is 1. The summed E-state index contributed by atoms with van der Waals surface area (Å²) in [5.41, 5.74) is 3.79. The van der Waals surface area contributed by atoms with Crippen molar-refractivity contribution in [3.63, 3.8) is 0 Å². The largest absolute Gasteiger partial charge is 0.488 e. The molecule has 0 aliphatic heterocycles. The van der Waals surface area contributed by atoms with Crippen LogP contribution in [0.1, 0.15) is 34.2 Å². The van der Waals surface area contributed by atoms with Crippen LogP contribution in [-0.4, -0.2) is 30.3 Å². The van der Waals surface area contributed by atoms with Crippen molar-refractivity contribution in [1.82, 2.24) is 10.3 Å². The van der Waals surface area contributed by atoms with E-state index in [4.69, 9.17) is 10.1 Å². The molecule has 0 spiro atoms. The number of nitrogens with zero attached hydrogens (tertiary/aromatic N) is 1. The molecule has 0 aliphatic rings. The first-order valence-corrected chi connectivity index (χ1v) is 7.43. The van der Waals surface area contributed by atoms with Crippen molar-refractivity contribution in [3.05, 3.63) is 58.9 Å². The number of rotatable bonds is 6. The Balaban J connectivity index is 2.18. The van der Waals surface area contributed by atoms with Crippen molar-refractivity contribution in [2.45, 2.75) is 20.3 Å². The van der Waals surface area contributed by atoms with Gasteiger partial charge in [0.25, 0.3) is 5.91 Å². The van der Waals surface area contributed by atoms with Crippen LogP contribution < -0.4 is 10.1 Å². The minimum Gasteiger partial charge on any atom is -0.488 e. The number of hydrogen-bond donors (Lipinski definition) is 2. The highest BCUT2D eigenvalue weighted by molar-refractivity contribution is 5.92. The summed E-state index contributed by atoms with van der Waals surface area (Å²) in [5.74, 6) is 0.543. The Bertz CT molecular complexity index is 726. The molecule has 0 atom stereocenters. The van der Waals surface area contributed by atoms with E-state index in [9.17, 15) is 4.79 Å². The molecular weight excluding hydrogens is 290 g/mol. The minimum atomic E-state index is -0.187. The lowest BCUT2D eigenvalue weighted by atomic mass is 10.1. The number of nitrogens with one attached hydrogen (secondary N) is 2. The Kier molecular flexibility index (Phi) is 5.46. The molecule has 0 bridgehead atoms. The monoisotopic (exact) mass is 311 g/mol. The van der Waals surface area contributed by atoms with Gasteiger partial charge in [0, 0.05) is 24.9 Å². The van der Waals surface area contributed by atoms with Crippen LogP contribution in [0.25, 0.3) is 0 Å². The topological polar surface area (TPSA) is 75.1 Å². The zero-order valence-corrected chi connectivity index (χ0v) is 13.6. The number of pyridine rings is 1. The molecule has 2 N–H and O–H groups in total. The fraction of sp³-hybridized carbons (Fsp3) is 0.278. The summed E-state index contributed by atoms with van der Waals surface area (Å²) in [5, 5.41) is 10.0. The molecule has 0 saturated carbocycles. The highest BCUT2D eigenvalue weighted by Gasteiger charge is 2.08. The van der Waals surface area contributed by atoms with Crippen LogP contribution in [0.15, 0.2) is 36.4 Å². The fourth-order valence-corrected chi connectivity index (χ4v) is 2.22. The molecule has 1 aromatic carbocycles. The molecule has 1 aromatic heterocycles. The molecule has 120 valence electrons. The second kappa shape index (κ2) is 7.54. The Morgan fingerprint density at radius 2 is 2.09 bits per heavy atom. The number of carbonyl (C=O) groups excluding carboxylic acids is 1. The number of amides is 1. The summed E-state index contributed by atoms with van der Waals surface area (Å²) in [7, 11) is 1.60. The van der Waals surface area contributed by atoms with Gasteiger partial charge in [-0.2, -0.15) is 0 Å². The van der Waals surface area contributed by atoms with E-state index in [1.54, 1.807) is 20.0 Å². The fourth-order valence-electron chi connectivity index (χ4n) is 2.22. The van der Waals surface area contributed by atoms with Crippen LogP contribution in [0.4, 0.5) is 0 Å². The first-order valence-electron chi connectivity index (χ1n) is 7.43. The van der Waals surface area contributed by atoms with Crippen LogP contribution in [0.5, 0.6) is 5.75 Å². The zero-order valence-electron chi connectivity index (χ0n) is 13.6. The number of ether oxygens (including phenoxy) is 1. The molecule has 2 aromatic rings. The molecule has 0 fully saturated rings. The average molecular weight is 311 g/mol. The van der Waals surface area contributed by atoms with Crippen LogP contribution >= 0.6 is 0 Å². The molecule has 5 heteroatoms. The maximum Gasteiger partial charge on any atom is 0.269 e. The normalized spacial score (nSPS) is 10.2. The second-order valence-electron chi connectivity index (χ2n) is 5.49. The van der Waals surface area contributed by atoms with Gasteiger partial charge in [0.2, 0.25) is 0 Å². The van der Waals surface area contributed by atoms with Gasteiger partial charge in [0.05, 0.1) is 0 Å². The Morgan fingerprint density at radius 3 is 2.78 bits per heavy atom. The van der Waals surface area contributed by atoms with E-state index in [1.807, 2.05) is 37.3 Å². The lowest BCUT2D eigenvalue weighted by molar-refractivity contribution is 0.0958. The summed E-state index contributed by atoms with van der Waals surface area (Å²) < 4.78 is 5.54. The quantitative estimate of drug-likeness (QED) is 0.806. The summed E-state index contributed by atoms with van der Waals surface area (Å²) in [6.45, 7) is 3.94. The molecular formula is C18H21N3O2. The third-order valence-electron chi connectivity index (χ3n) is 3.22. The minimum absolute atomic E-state index is 0.187. The van der Waals surface area contributed by atoms with Crippen molar-refractivity contribution in [2.24, 2.45) is 0 Å². The van der Waals surface area contributed by atoms with Crippen LogP contribution in [0.3, 0.4) is 0 Å². The first kappa shape index (κ1) is 16.7. The molecule has 0 unspecified atom stereocenters. The van der Waals surface area contributed by atoms with E-state index in [0.717, 1.165) is 22.6 Å². The Morgan fingerprint density at radius 1 is 1.30 bits per heavy atom. The number of aryl methyl sites for hydroxylation is 1. The lowest BCUT2D eigenvalue weighted by Gasteiger charge is -2.09. The predicted octanol–water partition coefficient (Wildman–Crippen LogP) is 2.76. The molecule has 0 radical (unpaired) electrons. The zero-order chi connectivity index (χ0) is 16.8. The number of hydrogen-bond acceptors (Lipinski definition) is 4. The van der Waals surface area contributed by atoms with E-state index >= 15 is 0 Å². The third kappa shape index (κ3) is 4.92. The smallest absolute Gasteiger partial charge is 0.269 e. The van der Waals surface area contributed by atoms with E-state index in [0.29, 0.717) is 17.8 Å². The van der Waals surface area contributed by atoms with Gasteiger partial charge < -0.3 is 15.5 Å². The lowest BCUT2D eigenvalue weighted by Crippen LogP contribution is -2.20. The Labute approximate surface area is 136 Å². The third-order valence-corrected chi connectivity index (χ3v) is 3.22. The maximum atomic E-state index is 11.8. The van der Waals surface area contributed by atoms with Gasteiger partial charge in [-0.15, -0.1) is 0 Å². The van der Waals surface area contributed by atoms with Crippen LogP contribution in [0.2, 0.25) is 0 Å². The second-order valence-corrected chi connectivity index (χ2v) is 5.49. The van der Waals surface area contributed by atoms with Crippen molar-refractivity contribution < 1.29 is 9.53 Å². The average Bonchev–Trinajstić information content (AvgIpc) is 2.52. The highest BCUT2D eigenvalue weighted by atomic mass is 16.5. The van der Waals surface area contributed by atoms with Crippen molar-refractivity contribution in [3.8, 4) is 5.75 Å². The van der Waals surface area contributed by atoms with Gasteiger partial charge in [-0.25, -0.2) is 4.98 Å². The molecule has 0 saturated heterocycles. The molecule has 2 rings (SSSR count). The predicted molar refractivity (Wildman–Crippen MR) is 90.5 cm³/mol. The van der Waals surface area contributed by atoms with Gasteiger partial charge in [-0.3, -0.25) is 4.79 Å². The molecule has 1 heterocycles. The van der Waals surface area contributed by atoms with E-state index in [-0.39, 0.29) is 12.5 Å². The molecule has 23 heavy (non-hydrogen) atoms. The Hall–Kier alpha value is -2.69. The van der Waals surface area contributed by atoms with Crippen molar-refractivity contribution >= 4 is 11.6 Å². The van der Waals surface area contributed by atoms with Gasteiger partial charge >= 0.3 is 0 Å². The van der Waals surface area contributed by atoms with Crippen molar-refractivity contribution in [1.29, 1.82) is 5.41 Å². The number of aromatic nitrogens is 1. The molecule has 0 aliphatic carbocycles. The standard InChI is InChI=1S/C18H21N3O2/c1-12-7-15(21-17(8-12)18(22)20-3)9-14-5-4-6-16(10-14)23-11-13(2)19/h4-8,10,19H,9,11H2,1-3H3,(H,20,22). The van der Waals surface area contributed by atoms with Crippen LogP contribution in [-0.2, 0) is 6.42 Å². The molecule has 5 nitrogen and oxygen atoms in total. The summed E-state index contributed by atoms with van der Waals surface area (Å²) >= 11 is 0. The summed E-state index contributed by atoms with van der Waals surface area (Å²) in [6, 6.07) is 11.5. The number of benzene rings is 1. The summed E-state index contributed by atoms with van der Waals surface area (Å²) in [4.78, 5) is 16.2. The molecule has 1 amide bonds. The summed E-state index contributed by atoms with van der Waals surface area (Å²) in [6.07, 6.45) is 0.618. The van der Waals surface area contributed by atoms with Crippen LogP contribution in [0, 0.1) is 12.3 Å². The van der Waals surface area contributed by atoms with Gasteiger partial charge in [-0.05, 0) is 49.2 Å². The van der Waals surface area contributed by atoms with Gasteiger partial charge in [0.15, 0.2) is 0 Å². The van der Waals surface area contributed by atoms with Gasteiger partial charge in [0.1, 0.15) is 18.1 Å². The SMILES string of the molecule is CNC(=O)c1cc(C)cc(Cc2cccc(OCC(C)=N)c2)n1.